The van der Waals surface area contributed by atoms with Crippen LogP contribution in [0.3, 0.4) is 0 Å². The molecule has 1 unspecified atom stereocenters. The Bertz CT molecular complexity index is 318. The van der Waals surface area contributed by atoms with Crippen LogP contribution in [0.5, 0.6) is 0 Å². The molecule has 2 heteroatoms. The minimum Gasteiger partial charge on any atom is -0.127 e. The molecule has 1 aromatic rings. The molecule has 1 atom stereocenters. The lowest BCUT2D eigenvalue weighted by Gasteiger charge is -2.14. The van der Waals surface area contributed by atoms with Crippen molar-refractivity contribution in [1.29, 1.82) is 0 Å². The van der Waals surface area contributed by atoms with E-state index in [0.717, 1.165) is 11.4 Å². The maximum Gasteiger partial charge on any atom is 0.0443 e. The fraction of sp³-hybridized carbons (Fsp3) is 0.500. The van der Waals surface area contributed by atoms with Gasteiger partial charge in [-0.2, -0.15) is 0 Å². The molecule has 1 rings (SSSR count). The van der Waals surface area contributed by atoms with Gasteiger partial charge in [0, 0.05) is 10.9 Å². The van der Waals surface area contributed by atoms with E-state index in [1.807, 2.05) is 6.07 Å². The van der Waals surface area contributed by atoms with Gasteiger partial charge in [0.25, 0.3) is 0 Å². The first-order valence-electron chi connectivity index (χ1n) is 4.89. The van der Waals surface area contributed by atoms with Crippen LogP contribution in [-0.4, -0.2) is 5.88 Å². The standard InChI is InChI=1S/C12H16Cl2/c1-8(4-5-13)11-6-9(2)10(3)7-12(11)14/h6-8H,4-5H2,1-3H3. The van der Waals surface area contributed by atoms with E-state index >= 15 is 0 Å². The molecule has 0 saturated heterocycles. The first kappa shape index (κ1) is 11.9. The van der Waals surface area contributed by atoms with Gasteiger partial charge in [-0.25, -0.2) is 0 Å². The van der Waals surface area contributed by atoms with Crippen molar-refractivity contribution in [3.8, 4) is 0 Å². The van der Waals surface area contributed by atoms with E-state index < -0.39 is 0 Å². The minimum atomic E-state index is 0.444. The lowest BCUT2D eigenvalue weighted by Crippen LogP contribution is -1.97. The molecule has 0 nitrogen and oxygen atoms in total. The minimum absolute atomic E-state index is 0.444. The summed E-state index contributed by atoms with van der Waals surface area (Å²) in [6.07, 6.45) is 0.976. The lowest BCUT2D eigenvalue weighted by atomic mass is 9.95. The van der Waals surface area contributed by atoms with Crippen LogP contribution in [0.4, 0.5) is 0 Å². The highest BCUT2D eigenvalue weighted by Gasteiger charge is 2.10. The zero-order chi connectivity index (χ0) is 10.7. The van der Waals surface area contributed by atoms with Crippen LogP contribution >= 0.6 is 23.2 Å². The molecule has 0 spiro atoms. The van der Waals surface area contributed by atoms with E-state index in [-0.39, 0.29) is 0 Å². The third kappa shape index (κ3) is 2.65. The second-order valence-corrected chi connectivity index (χ2v) is 4.62. The highest BCUT2D eigenvalue weighted by atomic mass is 35.5. The van der Waals surface area contributed by atoms with E-state index in [0.29, 0.717) is 11.8 Å². The van der Waals surface area contributed by atoms with Gasteiger partial charge in [0.2, 0.25) is 0 Å². The van der Waals surface area contributed by atoms with Crippen LogP contribution in [-0.2, 0) is 0 Å². The summed E-state index contributed by atoms with van der Waals surface area (Å²) in [5.41, 5.74) is 3.76. The third-order valence-corrected chi connectivity index (χ3v) is 3.23. The largest absolute Gasteiger partial charge is 0.127 e. The van der Waals surface area contributed by atoms with Crippen LogP contribution in [0.1, 0.15) is 36.0 Å². The molecule has 0 saturated carbocycles. The lowest BCUT2D eigenvalue weighted by molar-refractivity contribution is 0.737. The van der Waals surface area contributed by atoms with Gasteiger partial charge in [-0.3, -0.25) is 0 Å². The van der Waals surface area contributed by atoms with Gasteiger partial charge < -0.3 is 0 Å². The van der Waals surface area contributed by atoms with E-state index in [1.165, 1.54) is 16.7 Å². The highest BCUT2D eigenvalue weighted by Crippen LogP contribution is 2.29. The predicted molar refractivity (Wildman–Crippen MR) is 64.7 cm³/mol. The van der Waals surface area contributed by atoms with Gasteiger partial charge in [0.05, 0.1) is 0 Å². The summed E-state index contributed by atoms with van der Waals surface area (Å²) in [6, 6.07) is 4.21. The van der Waals surface area contributed by atoms with Crippen LogP contribution in [0.15, 0.2) is 12.1 Å². The van der Waals surface area contributed by atoms with Crippen LogP contribution < -0.4 is 0 Å². The number of halogens is 2. The fourth-order valence-electron chi connectivity index (χ4n) is 1.50. The van der Waals surface area contributed by atoms with Crippen molar-refractivity contribution in [2.45, 2.75) is 33.1 Å². The smallest absolute Gasteiger partial charge is 0.0443 e. The van der Waals surface area contributed by atoms with Crippen LogP contribution in [0.25, 0.3) is 0 Å². The molecule has 14 heavy (non-hydrogen) atoms. The Labute approximate surface area is 96.2 Å². The Kier molecular flexibility index (Phi) is 4.28. The molecule has 0 aromatic heterocycles. The average Bonchev–Trinajstić information content (AvgIpc) is 2.11. The van der Waals surface area contributed by atoms with Gasteiger partial charge in [-0.15, -0.1) is 11.6 Å². The van der Waals surface area contributed by atoms with Crippen LogP contribution in [0, 0.1) is 13.8 Å². The molecular weight excluding hydrogens is 215 g/mol. The molecule has 78 valence electrons. The fourth-order valence-corrected chi connectivity index (χ4v) is 2.23. The first-order chi connectivity index (χ1) is 6.56. The topological polar surface area (TPSA) is 0 Å². The highest BCUT2D eigenvalue weighted by molar-refractivity contribution is 6.31. The van der Waals surface area contributed by atoms with Crippen molar-refractivity contribution in [1.82, 2.24) is 0 Å². The number of hydrogen-bond donors (Lipinski definition) is 0. The first-order valence-corrected chi connectivity index (χ1v) is 5.80. The second-order valence-electron chi connectivity index (χ2n) is 3.84. The van der Waals surface area contributed by atoms with Crippen molar-refractivity contribution < 1.29 is 0 Å². The molecule has 0 aliphatic rings. The maximum absolute atomic E-state index is 6.19. The SMILES string of the molecule is Cc1cc(Cl)c(C(C)CCCl)cc1C. The summed E-state index contributed by atoms with van der Waals surface area (Å²) in [5, 5.41) is 0.866. The van der Waals surface area contributed by atoms with Gasteiger partial charge >= 0.3 is 0 Å². The average molecular weight is 231 g/mol. The molecule has 0 fully saturated rings. The van der Waals surface area contributed by atoms with Crippen molar-refractivity contribution in [3.05, 3.63) is 33.8 Å². The summed E-state index contributed by atoms with van der Waals surface area (Å²) in [5.74, 6) is 1.13. The Morgan fingerprint density at radius 1 is 1.21 bits per heavy atom. The zero-order valence-corrected chi connectivity index (χ0v) is 10.4. The van der Waals surface area contributed by atoms with Crippen LogP contribution in [0.2, 0.25) is 5.02 Å². The van der Waals surface area contributed by atoms with E-state index in [9.17, 15) is 0 Å². The number of aryl methyl sites for hydroxylation is 2. The Morgan fingerprint density at radius 3 is 2.36 bits per heavy atom. The quantitative estimate of drug-likeness (QED) is 0.662. The van der Waals surface area contributed by atoms with E-state index in [1.54, 1.807) is 0 Å². The number of benzene rings is 1. The van der Waals surface area contributed by atoms with Crippen molar-refractivity contribution >= 4 is 23.2 Å². The third-order valence-electron chi connectivity index (χ3n) is 2.69. The molecule has 0 amide bonds. The van der Waals surface area contributed by atoms with Crippen molar-refractivity contribution in [2.24, 2.45) is 0 Å². The molecule has 0 aliphatic carbocycles. The summed E-state index contributed by atoms with van der Waals surface area (Å²) in [6.45, 7) is 6.36. The molecular formula is C12H16Cl2. The molecule has 0 heterocycles. The Morgan fingerprint density at radius 2 is 1.79 bits per heavy atom. The van der Waals surface area contributed by atoms with Crippen molar-refractivity contribution in [3.63, 3.8) is 0 Å². The number of hydrogen-bond acceptors (Lipinski definition) is 0. The monoisotopic (exact) mass is 230 g/mol. The van der Waals surface area contributed by atoms with Gasteiger partial charge in [-0.1, -0.05) is 24.6 Å². The maximum atomic E-state index is 6.19. The summed E-state index contributed by atoms with van der Waals surface area (Å²) in [4.78, 5) is 0. The molecule has 0 radical (unpaired) electrons. The van der Waals surface area contributed by atoms with Gasteiger partial charge in [-0.05, 0) is 48.9 Å². The summed E-state index contributed by atoms with van der Waals surface area (Å²) < 4.78 is 0. The molecule has 1 aromatic carbocycles. The normalized spacial score (nSPS) is 12.9. The summed E-state index contributed by atoms with van der Waals surface area (Å²) in [7, 11) is 0. The number of alkyl halides is 1. The van der Waals surface area contributed by atoms with Gasteiger partial charge in [0.1, 0.15) is 0 Å². The molecule has 0 N–H and O–H groups in total. The molecule has 0 aliphatic heterocycles. The van der Waals surface area contributed by atoms with E-state index in [4.69, 9.17) is 23.2 Å². The molecule has 0 bridgehead atoms. The number of rotatable bonds is 3. The van der Waals surface area contributed by atoms with E-state index in [2.05, 4.69) is 26.8 Å². The summed E-state index contributed by atoms with van der Waals surface area (Å²) >= 11 is 11.9. The van der Waals surface area contributed by atoms with Gasteiger partial charge in [0.15, 0.2) is 0 Å². The second kappa shape index (κ2) is 5.04. The Hall–Kier alpha value is -0.200. The van der Waals surface area contributed by atoms with Crippen molar-refractivity contribution in [2.75, 3.05) is 5.88 Å². The predicted octanol–water partition coefficient (Wildman–Crippen LogP) is 4.69. The zero-order valence-electron chi connectivity index (χ0n) is 8.90. The Balaban J connectivity index is 3.02.